The average molecular weight is 513 g/mol. The maximum atomic E-state index is 13.0. The topological polar surface area (TPSA) is 104 Å². The van der Waals surface area contributed by atoms with Crippen LogP contribution in [0.1, 0.15) is 26.3 Å². The van der Waals surface area contributed by atoms with Crippen molar-refractivity contribution in [2.24, 2.45) is 0 Å². The molecule has 0 unspecified atom stereocenters. The number of carbonyl (C=O) groups excluding carboxylic acids is 1. The number of aromatic carboxylic acids is 1. The SMILES string of the molecule is CN(c1ccc(Cl)cc1)S(=O)(=O)c1cccc(C(=O)Nc2ccc(C(F)(F)F)cc2C(=O)O)c1. The molecule has 0 aromatic heterocycles. The number of anilines is 2. The third-order valence-electron chi connectivity index (χ3n) is 4.77. The first-order valence-electron chi connectivity index (χ1n) is 9.41. The van der Waals surface area contributed by atoms with Crippen molar-refractivity contribution in [2.45, 2.75) is 11.1 Å². The summed E-state index contributed by atoms with van der Waals surface area (Å²) in [5, 5.41) is 11.9. The molecule has 0 saturated carbocycles. The van der Waals surface area contributed by atoms with Crippen LogP contribution in [-0.4, -0.2) is 32.4 Å². The Kier molecular flexibility index (Phi) is 6.89. The third kappa shape index (κ3) is 5.32. The summed E-state index contributed by atoms with van der Waals surface area (Å²) in [5.41, 5.74) is -2.18. The number of alkyl halides is 3. The summed E-state index contributed by atoms with van der Waals surface area (Å²) >= 11 is 5.83. The molecule has 34 heavy (non-hydrogen) atoms. The number of sulfonamides is 1. The second-order valence-electron chi connectivity index (χ2n) is 6.99. The standard InChI is InChI=1S/C22H16ClF3N2O5S/c1-28(16-8-6-15(23)7-9-16)34(32,33)17-4-2-3-13(11-17)20(29)27-19-10-5-14(22(24,25)26)12-18(19)21(30)31/h2-12H,1H3,(H,27,29)(H,30,31). The largest absolute Gasteiger partial charge is 0.478 e. The molecule has 3 rings (SSSR count). The van der Waals surface area contributed by atoms with E-state index in [9.17, 15) is 36.3 Å². The molecule has 0 atom stereocenters. The van der Waals surface area contributed by atoms with Gasteiger partial charge in [0, 0.05) is 17.6 Å². The van der Waals surface area contributed by atoms with Crippen LogP contribution in [0.5, 0.6) is 0 Å². The van der Waals surface area contributed by atoms with E-state index in [2.05, 4.69) is 5.32 Å². The molecule has 0 bridgehead atoms. The number of carboxylic acids is 1. The fourth-order valence-corrected chi connectivity index (χ4v) is 4.31. The van der Waals surface area contributed by atoms with Crippen molar-refractivity contribution in [1.82, 2.24) is 0 Å². The highest BCUT2D eigenvalue weighted by Gasteiger charge is 2.32. The van der Waals surface area contributed by atoms with Crippen LogP contribution in [0.2, 0.25) is 5.02 Å². The first kappa shape index (κ1) is 25.1. The monoisotopic (exact) mass is 512 g/mol. The Balaban J connectivity index is 1.91. The molecular weight excluding hydrogens is 497 g/mol. The van der Waals surface area contributed by atoms with E-state index in [1.54, 1.807) is 0 Å². The van der Waals surface area contributed by atoms with Gasteiger partial charge in [0.15, 0.2) is 0 Å². The quantitative estimate of drug-likeness (QED) is 0.476. The van der Waals surface area contributed by atoms with E-state index >= 15 is 0 Å². The minimum absolute atomic E-state index is 0.151. The molecule has 1 amide bonds. The van der Waals surface area contributed by atoms with Crippen LogP contribution >= 0.6 is 11.6 Å². The number of nitrogens with one attached hydrogen (secondary N) is 1. The van der Waals surface area contributed by atoms with Crippen LogP contribution in [0.4, 0.5) is 24.5 Å². The average Bonchev–Trinajstić information content (AvgIpc) is 2.78. The van der Waals surface area contributed by atoms with E-state index in [-0.39, 0.29) is 16.1 Å². The van der Waals surface area contributed by atoms with Crippen molar-refractivity contribution in [3.8, 4) is 0 Å². The maximum absolute atomic E-state index is 13.0. The molecule has 0 radical (unpaired) electrons. The second kappa shape index (κ2) is 9.35. The van der Waals surface area contributed by atoms with E-state index in [4.69, 9.17) is 11.6 Å². The minimum Gasteiger partial charge on any atom is -0.478 e. The molecule has 0 aliphatic carbocycles. The van der Waals surface area contributed by atoms with Crippen LogP contribution in [0, 0.1) is 0 Å². The van der Waals surface area contributed by atoms with Crippen LogP contribution < -0.4 is 9.62 Å². The Hall–Kier alpha value is -3.57. The van der Waals surface area contributed by atoms with Gasteiger partial charge in [-0.05, 0) is 60.7 Å². The van der Waals surface area contributed by atoms with Crippen molar-refractivity contribution < 1.29 is 36.3 Å². The molecule has 7 nitrogen and oxygen atoms in total. The summed E-state index contributed by atoms with van der Waals surface area (Å²) in [6, 6.07) is 12.8. The Morgan fingerprint density at radius 3 is 2.24 bits per heavy atom. The van der Waals surface area contributed by atoms with Gasteiger partial charge in [-0.25, -0.2) is 13.2 Å². The Morgan fingerprint density at radius 2 is 1.65 bits per heavy atom. The van der Waals surface area contributed by atoms with Crippen LogP contribution in [0.3, 0.4) is 0 Å². The number of halogens is 4. The van der Waals surface area contributed by atoms with Gasteiger partial charge in [-0.15, -0.1) is 0 Å². The maximum Gasteiger partial charge on any atom is 0.416 e. The zero-order chi connectivity index (χ0) is 25.3. The molecule has 0 fully saturated rings. The Bertz CT molecular complexity index is 1360. The van der Waals surface area contributed by atoms with Crippen LogP contribution in [0.15, 0.2) is 71.6 Å². The molecule has 0 aliphatic rings. The van der Waals surface area contributed by atoms with Crippen LogP contribution in [0.25, 0.3) is 0 Å². The van der Waals surface area contributed by atoms with Gasteiger partial charge < -0.3 is 10.4 Å². The zero-order valence-corrected chi connectivity index (χ0v) is 18.9. The Labute approximate surface area is 197 Å². The molecule has 0 heterocycles. The molecule has 0 saturated heterocycles. The summed E-state index contributed by atoms with van der Waals surface area (Å²) < 4.78 is 65.7. The third-order valence-corrected chi connectivity index (χ3v) is 6.80. The lowest BCUT2D eigenvalue weighted by atomic mass is 10.1. The van der Waals surface area contributed by atoms with Gasteiger partial charge in [-0.2, -0.15) is 13.2 Å². The summed E-state index contributed by atoms with van der Waals surface area (Å²) in [7, 11) is -2.77. The first-order valence-corrected chi connectivity index (χ1v) is 11.2. The number of rotatable bonds is 6. The van der Waals surface area contributed by atoms with Gasteiger partial charge in [0.25, 0.3) is 15.9 Å². The van der Waals surface area contributed by atoms with E-state index in [0.29, 0.717) is 22.8 Å². The fraction of sp³-hybridized carbons (Fsp3) is 0.0909. The van der Waals surface area contributed by atoms with Crippen molar-refractivity contribution in [1.29, 1.82) is 0 Å². The lowest BCUT2D eigenvalue weighted by Crippen LogP contribution is -2.27. The second-order valence-corrected chi connectivity index (χ2v) is 9.40. The molecule has 0 spiro atoms. The highest BCUT2D eigenvalue weighted by Crippen LogP contribution is 2.32. The van der Waals surface area contributed by atoms with Gasteiger partial charge in [-0.3, -0.25) is 9.10 Å². The number of hydrogen-bond donors (Lipinski definition) is 2. The number of carboxylic acid groups (broad SMARTS) is 1. The normalized spacial score (nSPS) is 11.7. The zero-order valence-electron chi connectivity index (χ0n) is 17.3. The molecule has 3 aromatic rings. The number of amides is 1. The molecule has 12 heteroatoms. The summed E-state index contributed by atoms with van der Waals surface area (Å²) in [5.74, 6) is -2.59. The predicted octanol–water partition coefficient (Wildman–Crippen LogP) is 5.13. The lowest BCUT2D eigenvalue weighted by Gasteiger charge is -2.20. The molecule has 178 valence electrons. The fourth-order valence-electron chi connectivity index (χ4n) is 2.95. The number of benzene rings is 3. The van der Waals surface area contributed by atoms with Gasteiger partial charge in [-0.1, -0.05) is 17.7 Å². The molecule has 2 N–H and O–H groups in total. The number of hydrogen-bond acceptors (Lipinski definition) is 4. The van der Waals surface area contributed by atoms with Crippen molar-refractivity contribution in [2.75, 3.05) is 16.7 Å². The molecule has 3 aromatic carbocycles. The van der Waals surface area contributed by atoms with E-state index in [1.807, 2.05) is 0 Å². The van der Waals surface area contributed by atoms with Gasteiger partial charge in [0.2, 0.25) is 0 Å². The molecular formula is C22H16ClF3N2O5S. The number of carbonyl (C=O) groups is 2. The highest BCUT2D eigenvalue weighted by atomic mass is 35.5. The van der Waals surface area contributed by atoms with E-state index in [1.165, 1.54) is 49.5 Å². The lowest BCUT2D eigenvalue weighted by molar-refractivity contribution is -0.137. The van der Waals surface area contributed by atoms with E-state index < -0.39 is 39.2 Å². The van der Waals surface area contributed by atoms with Crippen molar-refractivity contribution in [3.05, 3.63) is 88.4 Å². The van der Waals surface area contributed by atoms with Gasteiger partial charge >= 0.3 is 12.1 Å². The Morgan fingerprint density at radius 1 is 1.00 bits per heavy atom. The highest BCUT2D eigenvalue weighted by molar-refractivity contribution is 7.92. The predicted molar refractivity (Wildman–Crippen MR) is 120 cm³/mol. The number of nitrogens with zero attached hydrogens (tertiary/aromatic N) is 1. The van der Waals surface area contributed by atoms with Crippen LogP contribution in [-0.2, 0) is 16.2 Å². The summed E-state index contributed by atoms with van der Waals surface area (Å²) in [6.45, 7) is 0. The van der Waals surface area contributed by atoms with Crippen molar-refractivity contribution >= 4 is 44.9 Å². The summed E-state index contributed by atoms with van der Waals surface area (Å²) in [4.78, 5) is 23.9. The van der Waals surface area contributed by atoms with Crippen molar-refractivity contribution in [3.63, 3.8) is 0 Å². The first-order chi connectivity index (χ1) is 15.8. The van der Waals surface area contributed by atoms with Gasteiger partial charge in [0.05, 0.1) is 27.4 Å². The summed E-state index contributed by atoms with van der Waals surface area (Å²) in [6.07, 6.45) is -4.77. The smallest absolute Gasteiger partial charge is 0.416 e. The van der Waals surface area contributed by atoms with Gasteiger partial charge in [0.1, 0.15) is 0 Å². The molecule has 0 aliphatic heterocycles. The minimum atomic E-state index is -4.77. The van der Waals surface area contributed by atoms with E-state index in [0.717, 1.165) is 16.4 Å².